The summed E-state index contributed by atoms with van der Waals surface area (Å²) in [4.78, 5) is 11.9. The Kier molecular flexibility index (Phi) is 3.86. The Bertz CT molecular complexity index is 901. The van der Waals surface area contributed by atoms with Crippen LogP contribution in [0.15, 0.2) is 40.8 Å². The summed E-state index contributed by atoms with van der Waals surface area (Å²) in [6, 6.07) is 11.4. The van der Waals surface area contributed by atoms with Crippen LogP contribution >= 0.6 is 23.4 Å². The Hall–Kier alpha value is -2.18. The molecule has 2 N–H and O–H groups in total. The molecule has 24 heavy (non-hydrogen) atoms. The van der Waals surface area contributed by atoms with Gasteiger partial charge in [0.05, 0.1) is 11.0 Å². The van der Waals surface area contributed by atoms with E-state index in [4.69, 9.17) is 16.0 Å². The summed E-state index contributed by atoms with van der Waals surface area (Å²) < 4.78 is 6.08. The van der Waals surface area contributed by atoms with Gasteiger partial charge in [-0.15, -0.1) is 11.8 Å². The predicted octanol–water partition coefficient (Wildman–Crippen LogP) is 4.41. The lowest BCUT2D eigenvalue weighted by atomic mass is 10.1. The van der Waals surface area contributed by atoms with E-state index in [0.717, 1.165) is 28.3 Å². The van der Waals surface area contributed by atoms with Gasteiger partial charge >= 0.3 is 0 Å². The maximum absolute atomic E-state index is 11.9. The lowest BCUT2D eigenvalue weighted by Gasteiger charge is -2.11. The van der Waals surface area contributed by atoms with E-state index in [0.29, 0.717) is 16.6 Å². The van der Waals surface area contributed by atoms with Crippen molar-refractivity contribution >= 4 is 35.1 Å². The first-order valence-electron chi connectivity index (χ1n) is 7.44. The minimum Gasteiger partial charge on any atom is -0.460 e. The third kappa shape index (κ3) is 2.72. The number of thioether (sulfide) groups is 1. The Morgan fingerprint density at radius 2 is 2.04 bits per heavy atom. The molecular formula is C17H14ClN3O2S. The van der Waals surface area contributed by atoms with Crippen LogP contribution in [0, 0.1) is 6.92 Å². The first kappa shape index (κ1) is 15.4. The molecule has 1 aliphatic heterocycles. The van der Waals surface area contributed by atoms with Gasteiger partial charge in [0.15, 0.2) is 5.82 Å². The SMILES string of the molecule is Cc1[nH]nc2c1[C@@H](c1ccc(-c3ccc(Cl)cc3)o1)SCC(=O)N2. The number of carbonyl (C=O) groups excluding carboxylic acids is 1. The van der Waals surface area contributed by atoms with E-state index >= 15 is 0 Å². The molecule has 1 aromatic carbocycles. The van der Waals surface area contributed by atoms with Crippen LogP contribution in [0.3, 0.4) is 0 Å². The maximum atomic E-state index is 11.9. The predicted molar refractivity (Wildman–Crippen MR) is 95.4 cm³/mol. The van der Waals surface area contributed by atoms with Crippen LogP contribution in [0.1, 0.15) is 22.3 Å². The van der Waals surface area contributed by atoms with Crippen LogP contribution in [-0.2, 0) is 4.79 Å². The van der Waals surface area contributed by atoms with Crippen molar-refractivity contribution < 1.29 is 9.21 Å². The van der Waals surface area contributed by atoms with E-state index in [1.165, 1.54) is 11.8 Å². The molecule has 1 amide bonds. The first-order valence-corrected chi connectivity index (χ1v) is 8.86. The summed E-state index contributed by atoms with van der Waals surface area (Å²) in [5.74, 6) is 2.45. The number of furan rings is 1. The van der Waals surface area contributed by atoms with Crippen molar-refractivity contribution in [2.75, 3.05) is 11.1 Å². The van der Waals surface area contributed by atoms with E-state index < -0.39 is 0 Å². The molecule has 7 heteroatoms. The molecule has 4 rings (SSSR count). The molecule has 122 valence electrons. The maximum Gasteiger partial charge on any atom is 0.235 e. The van der Waals surface area contributed by atoms with E-state index in [1.54, 1.807) is 0 Å². The first-order chi connectivity index (χ1) is 11.6. The number of nitrogens with one attached hydrogen (secondary N) is 2. The summed E-state index contributed by atoms with van der Waals surface area (Å²) >= 11 is 7.47. The molecule has 3 aromatic rings. The van der Waals surface area contributed by atoms with Crippen LogP contribution < -0.4 is 5.32 Å². The topological polar surface area (TPSA) is 70.9 Å². The van der Waals surface area contributed by atoms with Gasteiger partial charge in [-0.1, -0.05) is 11.6 Å². The Labute approximate surface area is 147 Å². The summed E-state index contributed by atoms with van der Waals surface area (Å²) in [5, 5.41) is 10.6. The smallest absolute Gasteiger partial charge is 0.235 e. The molecule has 3 heterocycles. The molecule has 0 bridgehead atoms. The highest BCUT2D eigenvalue weighted by atomic mass is 35.5. The number of hydrogen-bond acceptors (Lipinski definition) is 4. The standard InChI is InChI=1S/C17H14ClN3O2S/c1-9-15-16(24-8-14(22)19-17(15)21-20-9)13-7-6-12(23-13)10-2-4-11(18)5-3-10/h2-7,16H,8H2,1H3,(H2,19,20,21,22)/t16-/m1/s1. The second-order valence-corrected chi connectivity index (χ2v) is 7.09. The van der Waals surface area contributed by atoms with Gasteiger partial charge < -0.3 is 9.73 Å². The minimum atomic E-state index is -0.0845. The molecule has 1 aliphatic rings. The number of benzene rings is 1. The molecule has 0 spiro atoms. The van der Waals surface area contributed by atoms with Gasteiger partial charge in [-0.25, -0.2) is 0 Å². The fourth-order valence-corrected chi connectivity index (χ4v) is 4.01. The zero-order chi connectivity index (χ0) is 16.7. The summed E-state index contributed by atoms with van der Waals surface area (Å²) in [6.07, 6.45) is 0. The number of hydrogen-bond donors (Lipinski definition) is 2. The fourth-order valence-electron chi connectivity index (χ4n) is 2.75. The quantitative estimate of drug-likeness (QED) is 0.711. The average molecular weight is 360 g/mol. The average Bonchev–Trinajstić information content (AvgIpc) is 3.14. The normalized spacial score (nSPS) is 17.2. The number of nitrogens with zero attached hydrogens (tertiary/aromatic N) is 1. The van der Waals surface area contributed by atoms with Gasteiger partial charge in [0.2, 0.25) is 5.91 Å². The fraction of sp³-hybridized carbons (Fsp3) is 0.176. The van der Waals surface area contributed by atoms with E-state index in [9.17, 15) is 4.79 Å². The molecule has 0 saturated carbocycles. The highest BCUT2D eigenvalue weighted by Crippen LogP contribution is 2.43. The van der Waals surface area contributed by atoms with E-state index in [2.05, 4.69) is 15.5 Å². The molecule has 0 fully saturated rings. The summed E-state index contributed by atoms with van der Waals surface area (Å²) in [5.41, 5.74) is 2.85. The Balaban J connectivity index is 1.73. The molecule has 0 aliphatic carbocycles. The lowest BCUT2D eigenvalue weighted by molar-refractivity contribution is -0.113. The number of halogens is 1. The van der Waals surface area contributed by atoms with Crippen molar-refractivity contribution in [2.24, 2.45) is 0 Å². The molecule has 2 aromatic heterocycles. The van der Waals surface area contributed by atoms with Gasteiger partial charge in [0, 0.05) is 21.8 Å². The van der Waals surface area contributed by atoms with E-state index in [1.807, 2.05) is 43.3 Å². The highest BCUT2D eigenvalue weighted by molar-refractivity contribution is 8.00. The third-order valence-electron chi connectivity index (χ3n) is 3.91. The molecule has 0 saturated heterocycles. The molecule has 1 atom stereocenters. The number of carbonyl (C=O) groups is 1. The van der Waals surface area contributed by atoms with Crippen LogP contribution in [0.5, 0.6) is 0 Å². The molecule has 0 unspecified atom stereocenters. The van der Waals surface area contributed by atoms with Crippen molar-refractivity contribution in [1.82, 2.24) is 10.2 Å². The van der Waals surface area contributed by atoms with Crippen LogP contribution in [-0.4, -0.2) is 21.9 Å². The number of aromatic nitrogens is 2. The second kappa shape index (κ2) is 6.03. The van der Waals surface area contributed by atoms with Crippen molar-refractivity contribution in [3.05, 3.63) is 58.4 Å². The van der Waals surface area contributed by atoms with Gasteiger partial charge in [-0.05, 0) is 43.3 Å². The van der Waals surface area contributed by atoms with Crippen LogP contribution in [0.4, 0.5) is 5.82 Å². The monoisotopic (exact) mass is 359 g/mol. The van der Waals surface area contributed by atoms with Crippen molar-refractivity contribution in [3.63, 3.8) is 0 Å². The minimum absolute atomic E-state index is 0.0558. The van der Waals surface area contributed by atoms with E-state index in [-0.39, 0.29) is 11.2 Å². The zero-order valence-corrected chi connectivity index (χ0v) is 14.4. The Morgan fingerprint density at radius 1 is 1.25 bits per heavy atom. The summed E-state index contributed by atoms with van der Waals surface area (Å²) in [6.45, 7) is 1.94. The number of aryl methyl sites for hydroxylation is 1. The summed E-state index contributed by atoms with van der Waals surface area (Å²) in [7, 11) is 0. The Morgan fingerprint density at radius 3 is 2.83 bits per heavy atom. The molecule has 0 radical (unpaired) electrons. The number of H-pyrrole nitrogens is 1. The van der Waals surface area contributed by atoms with Crippen LogP contribution in [0.25, 0.3) is 11.3 Å². The van der Waals surface area contributed by atoms with Gasteiger partial charge in [0.1, 0.15) is 11.5 Å². The number of anilines is 1. The van der Waals surface area contributed by atoms with Crippen LogP contribution in [0.2, 0.25) is 5.02 Å². The molecule has 5 nitrogen and oxygen atoms in total. The van der Waals surface area contributed by atoms with Crippen molar-refractivity contribution in [3.8, 4) is 11.3 Å². The lowest BCUT2D eigenvalue weighted by Crippen LogP contribution is -2.12. The highest BCUT2D eigenvalue weighted by Gasteiger charge is 2.30. The third-order valence-corrected chi connectivity index (χ3v) is 5.39. The zero-order valence-electron chi connectivity index (χ0n) is 12.8. The van der Waals surface area contributed by atoms with Crippen molar-refractivity contribution in [2.45, 2.75) is 12.2 Å². The van der Waals surface area contributed by atoms with Gasteiger partial charge in [-0.2, -0.15) is 5.10 Å². The second-order valence-electron chi connectivity index (χ2n) is 5.56. The number of amides is 1. The van der Waals surface area contributed by atoms with Gasteiger partial charge in [0.25, 0.3) is 0 Å². The number of rotatable bonds is 2. The number of fused-ring (bicyclic) bond motifs is 1. The number of aromatic amines is 1. The van der Waals surface area contributed by atoms with Gasteiger partial charge in [-0.3, -0.25) is 9.89 Å². The molecular weight excluding hydrogens is 346 g/mol. The van der Waals surface area contributed by atoms with Crippen molar-refractivity contribution in [1.29, 1.82) is 0 Å². The largest absolute Gasteiger partial charge is 0.460 e.